The van der Waals surface area contributed by atoms with E-state index in [-0.39, 0.29) is 5.38 Å². The quantitative estimate of drug-likeness (QED) is 0.754. The SMILES string of the molecule is CC1CCC(CNCC(Cl)CC(C)(C)C)O1. The van der Waals surface area contributed by atoms with Gasteiger partial charge in [0, 0.05) is 18.5 Å². The Hall–Kier alpha value is 0.210. The largest absolute Gasteiger partial charge is 0.374 e. The van der Waals surface area contributed by atoms with Gasteiger partial charge in [0.2, 0.25) is 0 Å². The first-order valence-corrected chi connectivity index (χ1v) is 6.81. The highest BCUT2D eigenvalue weighted by molar-refractivity contribution is 6.20. The normalized spacial score (nSPS) is 28.3. The maximum absolute atomic E-state index is 6.28. The van der Waals surface area contributed by atoms with Crippen LogP contribution in [-0.2, 0) is 4.74 Å². The minimum atomic E-state index is 0.221. The van der Waals surface area contributed by atoms with Crippen molar-refractivity contribution in [3.05, 3.63) is 0 Å². The van der Waals surface area contributed by atoms with E-state index in [1.54, 1.807) is 0 Å². The third kappa shape index (κ3) is 6.07. The van der Waals surface area contributed by atoms with Crippen molar-refractivity contribution >= 4 is 11.6 Å². The number of ether oxygens (including phenoxy) is 1. The Bertz CT molecular complexity index is 203. The molecule has 1 fully saturated rings. The van der Waals surface area contributed by atoms with Crippen LogP contribution in [0.4, 0.5) is 0 Å². The van der Waals surface area contributed by atoms with Crippen LogP contribution in [0.25, 0.3) is 0 Å². The van der Waals surface area contributed by atoms with Crippen LogP contribution in [0, 0.1) is 5.41 Å². The fourth-order valence-electron chi connectivity index (χ4n) is 2.17. The molecule has 1 heterocycles. The molecule has 0 aromatic heterocycles. The molecule has 0 radical (unpaired) electrons. The van der Waals surface area contributed by atoms with E-state index in [9.17, 15) is 0 Å². The van der Waals surface area contributed by atoms with E-state index in [0.717, 1.165) is 19.5 Å². The lowest BCUT2D eigenvalue weighted by molar-refractivity contribution is 0.0561. The lowest BCUT2D eigenvalue weighted by Crippen LogP contribution is -2.32. The van der Waals surface area contributed by atoms with Crippen molar-refractivity contribution in [3.8, 4) is 0 Å². The van der Waals surface area contributed by atoms with Gasteiger partial charge in [0.15, 0.2) is 0 Å². The van der Waals surface area contributed by atoms with E-state index in [1.807, 2.05) is 0 Å². The fraction of sp³-hybridized carbons (Fsp3) is 1.00. The summed E-state index contributed by atoms with van der Waals surface area (Å²) in [6, 6.07) is 0. The number of halogens is 1. The van der Waals surface area contributed by atoms with Crippen LogP contribution in [0.5, 0.6) is 0 Å². The average molecular weight is 248 g/mol. The average Bonchev–Trinajstić information content (AvgIpc) is 2.48. The Morgan fingerprint density at radius 2 is 2.06 bits per heavy atom. The van der Waals surface area contributed by atoms with Gasteiger partial charge >= 0.3 is 0 Å². The second-order valence-corrected chi connectivity index (χ2v) is 6.78. The molecule has 0 amide bonds. The zero-order chi connectivity index (χ0) is 12.2. The highest BCUT2D eigenvalue weighted by atomic mass is 35.5. The molecule has 96 valence electrons. The number of hydrogen-bond donors (Lipinski definition) is 1. The van der Waals surface area contributed by atoms with Crippen LogP contribution >= 0.6 is 11.6 Å². The van der Waals surface area contributed by atoms with Gasteiger partial charge < -0.3 is 10.1 Å². The molecule has 3 unspecified atom stereocenters. The van der Waals surface area contributed by atoms with E-state index in [4.69, 9.17) is 16.3 Å². The zero-order valence-corrected chi connectivity index (χ0v) is 11.8. The molecule has 0 spiro atoms. The standard InChI is InChI=1S/C13H26ClNO/c1-10-5-6-12(16-10)9-15-8-11(14)7-13(2,3)4/h10-12,15H,5-9H2,1-4H3. The second kappa shape index (κ2) is 6.23. The summed E-state index contributed by atoms with van der Waals surface area (Å²) in [6.45, 7) is 10.6. The lowest BCUT2D eigenvalue weighted by atomic mass is 9.90. The molecule has 0 saturated carbocycles. The topological polar surface area (TPSA) is 21.3 Å². The van der Waals surface area contributed by atoms with Crippen molar-refractivity contribution in [1.29, 1.82) is 0 Å². The van der Waals surface area contributed by atoms with Crippen molar-refractivity contribution in [2.45, 2.75) is 64.5 Å². The van der Waals surface area contributed by atoms with Crippen LogP contribution in [0.15, 0.2) is 0 Å². The van der Waals surface area contributed by atoms with Gasteiger partial charge in [-0.2, -0.15) is 0 Å². The first-order valence-electron chi connectivity index (χ1n) is 6.37. The van der Waals surface area contributed by atoms with Gasteiger partial charge in [-0.3, -0.25) is 0 Å². The van der Waals surface area contributed by atoms with Gasteiger partial charge in [-0.05, 0) is 31.6 Å². The predicted molar refractivity (Wildman–Crippen MR) is 70.2 cm³/mol. The molecular weight excluding hydrogens is 222 g/mol. The molecule has 0 aromatic rings. The van der Waals surface area contributed by atoms with E-state index in [2.05, 4.69) is 33.0 Å². The molecule has 3 heteroatoms. The summed E-state index contributed by atoms with van der Waals surface area (Å²) in [7, 11) is 0. The molecule has 1 aliphatic heterocycles. The second-order valence-electron chi connectivity index (χ2n) is 6.17. The molecule has 0 bridgehead atoms. The summed E-state index contributed by atoms with van der Waals surface area (Å²) in [6.07, 6.45) is 4.25. The van der Waals surface area contributed by atoms with Crippen LogP contribution in [-0.4, -0.2) is 30.7 Å². The Morgan fingerprint density at radius 3 is 2.56 bits per heavy atom. The van der Waals surface area contributed by atoms with E-state index in [1.165, 1.54) is 12.8 Å². The number of rotatable bonds is 5. The van der Waals surface area contributed by atoms with Crippen LogP contribution in [0.2, 0.25) is 0 Å². The Balaban J connectivity index is 2.06. The maximum atomic E-state index is 6.28. The molecule has 0 aromatic carbocycles. The molecule has 16 heavy (non-hydrogen) atoms. The number of nitrogens with one attached hydrogen (secondary N) is 1. The minimum absolute atomic E-state index is 0.221. The molecule has 2 nitrogen and oxygen atoms in total. The molecular formula is C13H26ClNO. The van der Waals surface area contributed by atoms with Crippen LogP contribution in [0.1, 0.15) is 47.0 Å². The van der Waals surface area contributed by atoms with Crippen molar-refractivity contribution in [2.24, 2.45) is 5.41 Å². The third-order valence-corrected chi connectivity index (χ3v) is 3.20. The van der Waals surface area contributed by atoms with Gasteiger partial charge in [-0.25, -0.2) is 0 Å². The molecule has 1 aliphatic rings. The Kier molecular flexibility index (Phi) is 5.55. The van der Waals surface area contributed by atoms with E-state index in [0.29, 0.717) is 17.6 Å². The lowest BCUT2D eigenvalue weighted by Gasteiger charge is -2.22. The van der Waals surface area contributed by atoms with Crippen molar-refractivity contribution in [2.75, 3.05) is 13.1 Å². The van der Waals surface area contributed by atoms with Gasteiger partial charge in [0.1, 0.15) is 0 Å². The summed E-state index contributed by atoms with van der Waals surface area (Å²) in [5.41, 5.74) is 0.312. The van der Waals surface area contributed by atoms with Crippen LogP contribution < -0.4 is 5.32 Å². The van der Waals surface area contributed by atoms with E-state index >= 15 is 0 Å². The molecule has 1 N–H and O–H groups in total. The van der Waals surface area contributed by atoms with Crippen molar-refractivity contribution in [3.63, 3.8) is 0 Å². The summed E-state index contributed by atoms with van der Waals surface area (Å²) in [5, 5.41) is 3.63. The fourth-order valence-corrected chi connectivity index (χ4v) is 2.74. The summed E-state index contributed by atoms with van der Waals surface area (Å²) in [4.78, 5) is 0. The van der Waals surface area contributed by atoms with Gasteiger partial charge in [0.25, 0.3) is 0 Å². The molecule has 0 aliphatic carbocycles. The molecule has 3 atom stereocenters. The Morgan fingerprint density at radius 1 is 1.38 bits per heavy atom. The zero-order valence-electron chi connectivity index (χ0n) is 11.1. The van der Waals surface area contributed by atoms with Crippen molar-refractivity contribution in [1.82, 2.24) is 5.32 Å². The predicted octanol–water partition coefficient (Wildman–Crippen LogP) is 3.19. The van der Waals surface area contributed by atoms with E-state index < -0.39 is 0 Å². The molecule has 1 saturated heterocycles. The first-order chi connectivity index (χ1) is 7.37. The summed E-state index contributed by atoms with van der Waals surface area (Å²) >= 11 is 6.28. The van der Waals surface area contributed by atoms with Gasteiger partial charge in [0.05, 0.1) is 12.2 Å². The Labute approximate surface area is 105 Å². The van der Waals surface area contributed by atoms with Gasteiger partial charge in [-0.15, -0.1) is 11.6 Å². The van der Waals surface area contributed by atoms with Gasteiger partial charge in [-0.1, -0.05) is 20.8 Å². The van der Waals surface area contributed by atoms with Crippen LogP contribution in [0.3, 0.4) is 0 Å². The summed E-state index contributed by atoms with van der Waals surface area (Å²) in [5.74, 6) is 0. The number of hydrogen-bond acceptors (Lipinski definition) is 2. The number of alkyl halides is 1. The highest BCUT2D eigenvalue weighted by Gasteiger charge is 2.22. The first kappa shape index (κ1) is 14.3. The van der Waals surface area contributed by atoms with Crippen molar-refractivity contribution < 1.29 is 4.74 Å². The summed E-state index contributed by atoms with van der Waals surface area (Å²) < 4.78 is 5.74. The monoisotopic (exact) mass is 247 g/mol. The molecule has 1 rings (SSSR count). The maximum Gasteiger partial charge on any atom is 0.0704 e. The third-order valence-electron chi connectivity index (χ3n) is 2.89. The highest BCUT2D eigenvalue weighted by Crippen LogP contribution is 2.23. The minimum Gasteiger partial charge on any atom is -0.374 e. The smallest absolute Gasteiger partial charge is 0.0704 e.